The van der Waals surface area contributed by atoms with Crippen molar-refractivity contribution in [3.8, 4) is 0 Å². The summed E-state index contributed by atoms with van der Waals surface area (Å²) < 4.78 is 12.3. The molecule has 7 heteroatoms. The molecule has 1 aromatic heterocycles. The van der Waals surface area contributed by atoms with E-state index in [1.807, 2.05) is 19.1 Å². The van der Waals surface area contributed by atoms with E-state index in [9.17, 15) is 14.4 Å². The Labute approximate surface area is 189 Å². The van der Waals surface area contributed by atoms with E-state index in [1.165, 1.54) is 7.11 Å². The largest absolute Gasteiger partial charge is 0.464 e. The molecule has 7 nitrogen and oxygen atoms in total. The standard InChI is InChI=1S/C25H32N2O5/c1-15-9-11-19(12-10-15)24(29)27(14-20-8-7-13-32-20)18(4)23(28)21-16(2)22(25(30)31-6)26(5)17(21)3/h9-12,18,20H,7-8,13-14H2,1-6H3. The van der Waals surface area contributed by atoms with Crippen molar-refractivity contribution in [1.82, 2.24) is 9.47 Å². The fourth-order valence-corrected chi connectivity index (χ4v) is 4.36. The third-order valence-corrected chi connectivity index (χ3v) is 6.39. The van der Waals surface area contributed by atoms with Crippen LogP contribution in [0.3, 0.4) is 0 Å². The summed E-state index contributed by atoms with van der Waals surface area (Å²) >= 11 is 0. The number of benzene rings is 1. The molecular weight excluding hydrogens is 408 g/mol. The molecule has 0 aliphatic carbocycles. The fraction of sp³-hybridized carbons (Fsp3) is 0.480. The number of rotatable bonds is 7. The van der Waals surface area contributed by atoms with Crippen molar-refractivity contribution in [1.29, 1.82) is 0 Å². The van der Waals surface area contributed by atoms with Gasteiger partial charge in [-0.05, 0) is 58.2 Å². The van der Waals surface area contributed by atoms with Crippen molar-refractivity contribution in [2.75, 3.05) is 20.3 Å². The van der Waals surface area contributed by atoms with Gasteiger partial charge < -0.3 is 18.9 Å². The van der Waals surface area contributed by atoms with E-state index >= 15 is 0 Å². The molecular formula is C25H32N2O5. The first-order valence-electron chi connectivity index (χ1n) is 10.9. The molecule has 0 bridgehead atoms. The van der Waals surface area contributed by atoms with Crippen molar-refractivity contribution in [3.63, 3.8) is 0 Å². The van der Waals surface area contributed by atoms with Crippen molar-refractivity contribution >= 4 is 17.7 Å². The van der Waals surface area contributed by atoms with Gasteiger partial charge in [0, 0.05) is 37.0 Å². The van der Waals surface area contributed by atoms with E-state index in [0.29, 0.717) is 41.2 Å². The molecule has 0 N–H and O–H groups in total. The van der Waals surface area contributed by atoms with Gasteiger partial charge in [-0.2, -0.15) is 0 Å². The molecule has 1 aliphatic rings. The summed E-state index contributed by atoms with van der Waals surface area (Å²) in [5, 5.41) is 0. The quantitative estimate of drug-likeness (QED) is 0.485. The number of carbonyl (C=O) groups excluding carboxylic acids is 3. The summed E-state index contributed by atoms with van der Waals surface area (Å²) in [7, 11) is 3.05. The lowest BCUT2D eigenvalue weighted by molar-refractivity contribution is 0.0410. The van der Waals surface area contributed by atoms with Gasteiger partial charge in [0.25, 0.3) is 5.91 Å². The number of carbonyl (C=O) groups is 3. The zero-order valence-corrected chi connectivity index (χ0v) is 19.7. The van der Waals surface area contributed by atoms with E-state index in [1.54, 1.807) is 49.4 Å². The van der Waals surface area contributed by atoms with E-state index in [0.717, 1.165) is 18.4 Å². The van der Waals surface area contributed by atoms with Crippen LogP contribution in [0.1, 0.15) is 67.8 Å². The Kier molecular flexibility index (Phi) is 7.19. The normalized spacial score (nSPS) is 16.6. The zero-order valence-electron chi connectivity index (χ0n) is 19.7. The summed E-state index contributed by atoms with van der Waals surface area (Å²) in [4.78, 5) is 41.0. The van der Waals surface area contributed by atoms with E-state index in [4.69, 9.17) is 9.47 Å². The van der Waals surface area contributed by atoms with E-state index < -0.39 is 12.0 Å². The maximum atomic E-state index is 13.7. The number of aryl methyl sites for hydroxylation is 1. The maximum absolute atomic E-state index is 13.7. The predicted molar refractivity (Wildman–Crippen MR) is 121 cm³/mol. The minimum absolute atomic E-state index is 0.0942. The lowest BCUT2D eigenvalue weighted by atomic mass is 9.98. The summed E-state index contributed by atoms with van der Waals surface area (Å²) in [6.07, 6.45) is 1.70. The van der Waals surface area contributed by atoms with Gasteiger partial charge in [0.2, 0.25) is 0 Å². The van der Waals surface area contributed by atoms with Crippen LogP contribution < -0.4 is 0 Å². The van der Waals surface area contributed by atoms with Gasteiger partial charge in [-0.15, -0.1) is 0 Å². The van der Waals surface area contributed by atoms with Crippen LogP contribution in [0.5, 0.6) is 0 Å². The van der Waals surface area contributed by atoms with E-state index in [-0.39, 0.29) is 17.8 Å². The Morgan fingerprint density at radius 1 is 1.19 bits per heavy atom. The molecule has 1 fully saturated rings. The van der Waals surface area contributed by atoms with Gasteiger partial charge in [0.1, 0.15) is 5.69 Å². The van der Waals surface area contributed by atoms with Gasteiger partial charge in [-0.1, -0.05) is 17.7 Å². The molecule has 0 spiro atoms. The van der Waals surface area contributed by atoms with Crippen LogP contribution in [0, 0.1) is 20.8 Å². The van der Waals surface area contributed by atoms with Crippen molar-refractivity contribution < 1.29 is 23.9 Å². The number of ether oxygens (including phenoxy) is 2. The minimum Gasteiger partial charge on any atom is -0.464 e. The van der Waals surface area contributed by atoms with Crippen molar-refractivity contribution in [2.24, 2.45) is 7.05 Å². The molecule has 32 heavy (non-hydrogen) atoms. The van der Waals surface area contributed by atoms with Gasteiger partial charge >= 0.3 is 5.97 Å². The van der Waals surface area contributed by atoms with E-state index in [2.05, 4.69) is 0 Å². The Balaban J connectivity index is 1.98. The van der Waals surface area contributed by atoms with Crippen LogP contribution in [-0.2, 0) is 16.5 Å². The lowest BCUT2D eigenvalue weighted by Crippen LogP contribution is -2.47. The number of methoxy groups -OCH3 is 1. The summed E-state index contributed by atoms with van der Waals surface area (Å²) in [5.74, 6) is -0.906. The average molecular weight is 441 g/mol. The molecule has 1 aromatic carbocycles. The Bertz CT molecular complexity index is 1020. The Morgan fingerprint density at radius 2 is 1.84 bits per heavy atom. The monoisotopic (exact) mass is 440 g/mol. The Morgan fingerprint density at radius 3 is 2.41 bits per heavy atom. The fourth-order valence-electron chi connectivity index (χ4n) is 4.36. The molecule has 1 saturated heterocycles. The SMILES string of the molecule is COC(=O)c1c(C)c(C(=O)C(C)N(CC2CCCO2)C(=O)c2ccc(C)cc2)c(C)n1C. The highest BCUT2D eigenvalue weighted by Crippen LogP contribution is 2.26. The predicted octanol–water partition coefficient (Wildman–Crippen LogP) is 3.63. The molecule has 2 atom stereocenters. The second-order valence-electron chi connectivity index (χ2n) is 8.48. The van der Waals surface area contributed by atoms with Crippen molar-refractivity contribution in [2.45, 2.75) is 52.7 Å². The zero-order chi connectivity index (χ0) is 23.6. The molecule has 2 unspecified atom stereocenters. The molecule has 172 valence electrons. The number of hydrogen-bond acceptors (Lipinski definition) is 5. The highest BCUT2D eigenvalue weighted by Gasteiger charge is 2.34. The second kappa shape index (κ2) is 9.69. The third kappa shape index (κ3) is 4.48. The third-order valence-electron chi connectivity index (χ3n) is 6.39. The molecule has 3 rings (SSSR count). The number of ketones is 1. The average Bonchev–Trinajstić information content (AvgIpc) is 3.37. The van der Waals surface area contributed by atoms with Gasteiger partial charge in [-0.25, -0.2) is 4.79 Å². The molecule has 1 aliphatic heterocycles. The maximum Gasteiger partial charge on any atom is 0.354 e. The topological polar surface area (TPSA) is 77.8 Å². The van der Waals surface area contributed by atoms with Crippen LogP contribution in [0.2, 0.25) is 0 Å². The summed E-state index contributed by atoms with van der Waals surface area (Å²) in [5.41, 5.74) is 3.62. The lowest BCUT2D eigenvalue weighted by Gasteiger charge is -2.31. The van der Waals surface area contributed by atoms with Crippen LogP contribution in [0.15, 0.2) is 24.3 Å². The van der Waals surface area contributed by atoms with Crippen LogP contribution in [-0.4, -0.2) is 59.5 Å². The number of aromatic nitrogens is 1. The highest BCUT2D eigenvalue weighted by molar-refractivity contribution is 6.07. The first-order chi connectivity index (χ1) is 15.2. The molecule has 0 saturated carbocycles. The molecule has 2 heterocycles. The Hall–Kier alpha value is -2.93. The van der Waals surface area contributed by atoms with Crippen LogP contribution >= 0.6 is 0 Å². The smallest absolute Gasteiger partial charge is 0.354 e. The van der Waals surface area contributed by atoms with Crippen molar-refractivity contribution in [3.05, 3.63) is 57.9 Å². The van der Waals surface area contributed by atoms with Crippen LogP contribution in [0.4, 0.5) is 0 Å². The minimum atomic E-state index is -0.724. The first kappa shape index (κ1) is 23.7. The molecule has 2 aromatic rings. The number of amides is 1. The molecule has 0 radical (unpaired) electrons. The summed E-state index contributed by atoms with van der Waals surface area (Å²) in [6.45, 7) is 8.25. The highest BCUT2D eigenvalue weighted by atomic mass is 16.5. The second-order valence-corrected chi connectivity index (χ2v) is 8.48. The van der Waals surface area contributed by atoms with Gasteiger partial charge in [0.15, 0.2) is 5.78 Å². The number of Topliss-reactive ketones (excluding diaryl/α,β-unsaturated/α-hetero) is 1. The first-order valence-corrected chi connectivity index (χ1v) is 10.9. The molecule has 1 amide bonds. The van der Waals surface area contributed by atoms with Gasteiger partial charge in [-0.3, -0.25) is 9.59 Å². The summed E-state index contributed by atoms with van der Waals surface area (Å²) in [6, 6.07) is 6.62. The number of esters is 1. The number of nitrogens with zero attached hydrogens (tertiary/aromatic N) is 2. The number of hydrogen-bond donors (Lipinski definition) is 0. The van der Waals surface area contributed by atoms with Gasteiger partial charge in [0.05, 0.1) is 19.3 Å². The van der Waals surface area contributed by atoms with Crippen LogP contribution in [0.25, 0.3) is 0 Å².